The van der Waals surface area contributed by atoms with E-state index in [1.54, 1.807) is 0 Å². The number of carbonyl (C=O) groups is 2. The Morgan fingerprint density at radius 1 is 0.870 bits per heavy atom. The summed E-state index contributed by atoms with van der Waals surface area (Å²) in [6.07, 6.45) is 3.29. The van der Waals surface area contributed by atoms with Crippen LogP contribution in [0.2, 0.25) is 0 Å². The third-order valence-corrected chi connectivity index (χ3v) is 6.71. The molecule has 3 aliphatic rings. The molecule has 3 fully saturated rings. The van der Waals surface area contributed by atoms with Crippen molar-refractivity contribution >= 4 is 44.2 Å². The highest BCUT2D eigenvalue weighted by Gasteiger charge is 2.61. The fourth-order valence-corrected chi connectivity index (χ4v) is 5.57. The molecule has 5 rings (SSSR count). The fourth-order valence-electron chi connectivity index (χ4n) is 5.09. The second-order valence-corrected chi connectivity index (χ2v) is 7.86. The molecule has 23 heavy (non-hydrogen) atoms. The Balaban J connectivity index is 1.67. The molecule has 2 amide bonds. The van der Waals surface area contributed by atoms with E-state index in [4.69, 9.17) is 0 Å². The van der Waals surface area contributed by atoms with Crippen molar-refractivity contribution in [2.75, 3.05) is 4.90 Å². The van der Waals surface area contributed by atoms with Gasteiger partial charge < -0.3 is 0 Å². The molecule has 0 N–H and O–H groups in total. The predicted molar refractivity (Wildman–Crippen MR) is 92.0 cm³/mol. The Kier molecular flexibility index (Phi) is 2.79. The van der Waals surface area contributed by atoms with Gasteiger partial charge in [-0.1, -0.05) is 40.2 Å². The third kappa shape index (κ3) is 1.70. The lowest BCUT2D eigenvalue weighted by atomic mass is 9.81. The van der Waals surface area contributed by atoms with Crippen LogP contribution >= 0.6 is 15.9 Å². The van der Waals surface area contributed by atoms with E-state index in [0.29, 0.717) is 11.8 Å². The molecule has 4 heteroatoms. The summed E-state index contributed by atoms with van der Waals surface area (Å²) in [5.74, 6) is 0.771. The summed E-state index contributed by atoms with van der Waals surface area (Å²) in [5, 5.41) is 1.99. The number of halogens is 1. The third-order valence-electron chi connectivity index (χ3n) is 6.02. The van der Waals surface area contributed by atoms with Crippen LogP contribution in [-0.2, 0) is 9.59 Å². The largest absolute Gasteiger partial charge is 0.274 e. The van der Waals surface area contributed by atoms with Crippen LogP contribution in [-0.4, -0.2) is 11.8 Å². The zero-order valence-corrected chi connectivity index (χ0v) is 14.1. The Labute approximate surface area is 142 Å². The molecule has 2 aromatic carbocycles. The summed E-state index contributed by atoms with van der Waals surface area (Å²) in [6.45, 7) is 0. The number of benzene rings is 2. The number of imide groups is 1. The zero-order chi connectivity index (χ0) is 15.7. The maximum Gasteiger partial charge on any atom is 0.237 e. The number of fused-ring (bicyclic) bond motifs is 6. The van der Waals surface area contributed by atoms with Crippen molar-refractivity contribution in [1.29, 1.82) is 0 Å². The minimum absolute atomic E-state index is 0.0275. The quantitative estimate of drug-likeness (QED) is 0.708. The van der Waals surface area contributed by atoms with Crippen molar-refractivity contribution in [3.63, 3.8) is 0 Å². The normalized spacial score (nSPS) is 32.1. The van der Waals surface area contributed by atoms with Gasteiger partial charge in [-0.3, -0.25) is 9.59 Å². The maximum absolute atomic E-state index is 13.0. The summed E-state index contributed by atoms with van der Waals surface area (Å²) in [7, 11) is 0. The van der Waals surface area contributed by atoms with E-state index in [2.05, 4.69) is 15.9 Å². The van der Waals surface area contributed by atoms with Crippen LogP contribution in [0.25, 0.3) is 10.8 Å². The molecule has 0 radical (unpaired) electrons. The first-order valence-corrected chi connectivity index (χ1v) is 9.01. The Morgan fingerprint density at radius 3 is 2.13 bits per heavy atom. The highest BCUT2D eigenvalue weighted by Crippen LogP contribution is 2.57. The number of hydrogen-bond donors (Lipinski definition) is 0. The standard InChI is InChI=1S/C19H16BrNO2/c20-14-7-8-15(13-4-2-1-3-12(13)14)21-18(22)16-10-5-6-11(9-10)17(16)19(21)23/h1-4,7-8,10-11,16-17H,5-6,9H2/t10-,11+,16-,17?/m0/s1. The van der Waals surface area contributed by atoms with Gasteiger partial charge in [-0.25, -0.2) is 4.90 Å². The first-order valence-electron chi connectivity index (χ1n) is 8.22. The maximum atomic E-state index is 13.0. The van der Waals surface area contributed by atoms with E-state index in [1.165, 1.54) is 4.90 Å². The summed E-state index contributed by atoms with van der Waals surface area (Å²) in [6, 6.07) is 11.7. The average molecular weight is 370 g/mol. The van der Waals surface area contributed by atoms with E-state index in [1.807, 2.05) is 36.4 Å². The summed E-state index contributed by atoms with van der Waals surface area (Å²) < 4.78 is 0.983. The van der Waals surface area contributed by atoms with E-state index in [9.17, 15) is 9.59 Å². The van der Waals surface area contributed by atoms with Gasteiger partial charge in [0.05, 0.1) is 17.5 Å². The molecular formula is C19H16BrNO2. The molecule has 1 aliphatic heterocycles. The number of hydrogen-bond acceptors (Lipinski definition) is 2. The van der Waals surface area contributed by atoms with Crippen LogP contribution in [0.4, 0.5) is 5.69 Å². The monoisotopic (exact) mass is 369 g/mol. The van der Waals surface area contributed by atoms with E-state index < -0.39 is 0 Å². The van der Waals surface area contributed by atoms with Gasteiger partial charge in [0.1, 0.15) is 0 Å². The Hall–Kier alpha value is -1.68. The van der Waals surface area contributed by atoms with Crippen LogP contribution < -0.4 is 4.90 Å². The number of amides is 2. The summed E-state index contributed by atoms with van der Waals surface area (Å²) in [5.41, 5.74) is 0.743. The molecule has 0 spiro atoms. The van der Waals surface area contributed by atoms with Crippen molar-refractivity contribution in [2.45, 2.75) is 19.3 Å². The number of carbonyl (C=O) groups excluding carboxylic acids is 2. The highest BCUT2D eigenvalue weighted by molar-refractivity contribution is 9.10. The molecule has 2 aromatic rings. The average Bonchev–Trinajstić information content (AvgIpc) is 3.24. The SMILES string of the molecule is O=C1C2[C@@H]3CC[C@@H](C3)[C@@H]2C(=O)N1c1ccc(Br)c2ccccc12. The van der Waals surface area contributed by atoms with Gasteiger partial charge in [-0.2, -0.15) is 0 Å². The topological polar surface area (TPSA) is 37.4 Å². The van der Waals surface area contributed by atoms with Gasteiger partial charge in [-0.15, -0.1) is 0 Å². The second-order valence-electron chi connectivity index (χ2n) is 7.01. The van der Waals surface area contributed by atoms with Gasteiger partial charge in [0.15, 0.2) is 0 Å². The minimum Gasteiger partial charge on any atom is -0.274 e. The molecule has 116 valence electrons. The Morgan fingerprint density at radius 2 is 1.48 bits per heavy atom. The van der Waals surface area contributed by atoms with E-state index >= 15 is 0 Å². The van der Waals surface area contributed by atoms with Crippen molar-refractivity contribution in [3.8, 4) is 0 Å². The van der Waals surface area contributed by atoms with Crippen LogP contribution in [0, 0.1) is 23.7 Å². The highest BCUT2D eigenvalue weighted by atomic mass is 79.9. The smallest absolute Gasteiger partial charge is 0.237 e. The van der Waals surface area contributed by atoms with E-state index in [-0.39, 0.29) is 23.7 Å². The molecule has 2 bridgehead atoms. The van der Waals surface area contributed by atoms with Crippen molar-refractivity contribution in [2.24, 2.45) is 23.7 Å². The van der Waals surface area contributed by atoms with E-state index in [0.717, 1.165) is 40.2 Å². The number of rotatable bonds is 1. The molecule has 2 saturated carbocycles. The number of nitrogens with zero attached hydrogens (tertiary/aromatic N) is 1. The molecule has 1 unspecified atom stereocenters. The zero-order valence-electron chi connectivity index (χ0n) is 12.5. The van der Waals surface area contributed by atoms with Crippen molar-refractivity contribution in [3.05, 3.63) is 40.9 Å². The van der Waals surface area contributed by atoms with Gasteiger partial charge in [0.25, 0.3) is 0 Å². The molecular weight excluding hydrogens is 354 g/mol. The lowest BCUT2D eigenvalue weighted by Gasteiger charge is -2.19. The van der Waals surface area contributed by atoms with Gasteiger partial charge in [-0.05, 0) is 48.6 Å². The predicted octanol–water partition coefficient (Wildman–Crippen LogP) is 4.14. The molecule has 2 aliphatic carbocycles. The lowest BCUT2D eigenvalue weighted by molar-refractivity contribution is -0.123. The summed E-state index contributed by atoms with van der Waals surface area (Å²) >= 11 is 3.56. The van der Waals surface area contributed by atoms with Crippen LogP contribution in [0.1, 0.15) is 19.3 Å². The van der Waals surface area contributed by atoms with Crippen LogP contribution in [0.3, 0.4) is 0 Å². The fraction of sp³-hybridized carbons (Fsp3) is 0.368. The molecule has 0 aromatic heterocycles. The van der Waals surface area contributed by atoms with Gasteiger partial charge >= 0.3 is 0 Å². The molecule has 3 nitrogen and oxygen atoms in total. The minimum atomic E-state index is -0.0661. The Bertz CT molecular complexity index is 834. The van der Waals surface area contributed by atoms with Gasteiger partial charge in [0.2, 0.25) is 11.8 Å². The lowest BCUT2D eigenvalue weighted by Crippen LogP contribution is -2.32. The number of anilines is 1. The van der Waals surface area contributed by atoms with Crippen LogP contribution in [0.15, 0.2) is 40.9 Å². The first-order chi connectivity index (χ1) is 11.2. The molecule has 4 atom stereocenters. The molecule has 1 saturated heterocycles. The molecule has 1 heterocycles. The van der Waals surface area contributed by atoms with Crippen molar-refractivity contribution < 1.29 is 9.59 Å². The first kappa shape index (κ1) is 13.7. The van der Waals surface area contributed by atoms with Crippen LogP contribution in [0.5, 0.6) is 0 Å². The summed E-state index contributed by atoms with van der Waals surface area (Å²) in [4.78, 5) is 27.5. The van der Waals surface area contributed by atoms with Crippen molar-refractivity contribution in [1.82, 2.24) is 0 Å². The van der Waals surface area contributed by atoms with Gasteiger partial charge in [0, 0.05) is 9.86 Å². The second kappa shape index (κ2) is 4.67.